The lowest BCUT2D eigenvalue weighted by Crippen LogP contribution is -2.34. The average molecular weight is 392 g/mol. The van der Waals surface area contributed by atoms with E-state index in [0.717, 1.165) is 25.3 Å². The second kappa shape index (κ2) is 7.99. The van der Waals surface area contributed by atoms with Gasteiger partial charge in [0, 0.05) is 19.2 Å². The monoisotopic (exact) mass is 392 g/mol. The van der Waals surface area contributed by atoms with Crippen molar-refractivity contribution in [3.8, 4) is 11.5 Å². The van der Waals surface area contributed by atoms with Crippen molar-refractivity contribution in [1.82, 2.24) is 10.2 Å². The Labute approximate surface area is 159 Å². The van der Waals surface area contributed by atoms with Gasteiger partial charge in [-0.05, 0) is 43.0 Å². The molecule has 1 aromatic heterocycles. The number of aromatic nitrogens is 2. The predicted molar refractivity (Wildman–Crippen MR) is 103 cm³/mol. The van der Waals surface area contributed by atoms with Gasteiger partial charge >= 0.3 is 0 Å². The standard InChI is InChI=1S/C18H24N4O4S/c1-13-5-4-10-22(12-13)18-9-8-17(19-20-18)21-27(23,24)14-6-7-15(25-2)16(11-14)26-3/h6-9,11,13H,4-5,10,12H2,1-3H3,(H,19,21). The van der Waals surface area contributed by atoms with E-state index in [0.29, 0.717) is 17.4 Å². The molecule has 1 fully saturated rings. The lowest BCUT2D eigenvalue weighted by Gasteiger charge is -2.31. The SMILES string of the molecule is COc1ccc(S(=O)(=O)Nc2ccc(N3CCCC(C)C3)nn2)cc1OC. The number of nitrogens with zero attached hydrogens (tertiary/aromatic N) is 3. The fourth-order valence-corrected chi connectivity index (χ4v) is 4.14. The summed E-state index contributed by atoms with van der Waals surface area (Å²) < 4.78 is 38.0. The molecule has 0 spiro atoms. The van der Waals surface area contributed by atoms with Crippen molar-refractivity contribution in [2.45, 2.75) is 24.7 Å². The Kier molecular flexibility index (Phi) is 5.69. The maximum Gasteiger partial charge on any atom is 0.263 e. The number of benzene rings is 1. The fourth-order valence-electron chi connectivity index (χ4n) is 3.13. The molecule has 1 atom stereocenters. The predicted octanol–water partition coefficient (Wildman–Crippen LogP) is 2.53. The molecule has 0 aliphatic carbocycles. The van der Waals surface area contributed by atoms with Gasteiger partial charge in [0.1, 0.15) is 0 Å². The molecule has 0 amide bonds. The number of methoxy groups -OCH3 is 2. The molecule has 1 unspecified atom stereocenters. The average Bonchev–Trinajstić information content (AvgIpc) is 2.67. The number of nitrogens with one attached hydrogen (secondary N) is 1. The van der Waals surface area contributed by atoms with Gasteiger partial charge in [0.15, 0.2) is 23.1 Å². The third-order valence-corrected chi connectivity index (χ3v) is 5.89. The van der Waals surface area contributed by atoms with E-state index in [1.165, 1.54) is 32.8 Å². The molecule has 0 radical (unpaired) electrons. The molecule has 0 bridgehead atoms. The largest absolute Gasteiger partial charge is 0.493 e. The highest BCUT2D eigenvalue weighted by Gasteiger charge is 2.20. The topological polar surface area (TPSA) is 93.7 Å². The van der Waals surface area contributed by atoms with Crippen molar-refractivity contribution in [2.24, 2.45) is 5.92 Å². The van der Waals surface area contributed by atoms with Crippen LogP contribution in [0.15, 0.2) is 35.2 Å². The zero-order valence-corrected chi connectivity index (χ0v) is 16.5. The first kappa shape index (κ1) is 19.2. The third kappa shape index (κ3) is 4.41. The molecule has 1 saturated heterocycles. The number of hydrogen-bond donors (Lipinski definition) is 1. The molecular formula is C18H24N4O4S. The quantitative estimate of drug-likeness (QED) is 0.807. The number of sulfonamides is 1. The summed E-state index contributed by atoms with van der Waals surface area (Å²) in [6, 6.07) is 7.80. The normalized spacial score (nSPS) is 17.4. The highest BCUT2D eigenvalue weighted by atomic mass is 32.2. The Morgan fingerprint density at radius 1 is 1.11 bits per heavy atom. The minimum absolute atomic E-state index is 0.0517. The molecule has 0 saturated carbocycles. The second-order valence-electron chi connectivity index (χ2n) is 6.59. The smallest absolute Gasteiger partial charge is 0.263 e. The van der Waals surface area contributed by atoms with Crippen LogP contribution in [0.3, 0.4) is 0 Å². The molecule has 8 nitrogen and oxygen atoms in total. The van der Waals surface area contributed by atoms with Crippen LogP contribution in [0, 0.1) is 5.92 Å². The molecule has 2 heterocycles. The van der Waals surface area contributed by atoms with Crippen molar-refractivity contribution >= 4 is 21.7 Å². The first-order valence-electron chi connectivity index (χ1n) is 8.76. The minimum Gasteiger partial charge on any atom is -0.493 e. The van der Waals surface area contributed by atoms with E-state index in [1.54, 1.807) is 18.2 Å². The van der Waals surface area contributed by atoms with Crippen LogP contribution in [-0.4, -0.2) is 45.9 Å². The number of hydrogen-bond acceptors (Lipinski definition) is 7. The summed E-state index contributed by atoms with van der Waals surface area (Å²) in [6.45, 7) is 4.09. The van der Waals surface area contributed by atoms with Gasteiger partial charge in [0.05, 0.1) is 19.1 Å². The molecule has 1 aromatic carbocycles. The zero-order valence-electron chi connectivity index (χ0n) is 15.7. The molecule has 1 aliphatic rings. The van der Waals surface area contributed by atoms with E-state index >= 15 is 0 Å². The summed E-state index contributed by atoms with van der Waals surface area (Å²) in [6.07, 6.45) is 2.34. The van der Waals surface area contributed by atoms with Crippen molar-refractivity contribution in [2.75, 3.05) is 36.9 Å². The highest BCUT2D eigenvalue weighted by Crippen LogP contribution is 2.30. The maximum absolute atomic E-state index is 12.6. The Morgan fingerprint density at radius 3 is 2.52 bits per heavy atom. The van der Waals surface area contributed by atoms with Crippen molar-refractivity contribution in [3.05, 3.63) is 30.3 Å². The molecule has 1 aliphatic heterocycles. The van der Waals surface area contributed by atoms with Gasteiger partial charge in [0.25, 0.3) is 10.0 Å². The summed E-state index contributed by atoms with van der Waals surface area (Å²) >= 11 is 0. The van der Waals surface area contributed by atoms with Gasteiger partial charge in [-0.3, -0.25) is 4.72 Å². The van der Waals surface area contributed by atoms with E-state index in [1.807, 2.05) is 0 Å². The van der Waals surface area contributed by atoms with Crippen LogP contribution in [0.2, 0.25) is 0 Å². The van der Waals surface area contributed by atoms with Gasteiger partial charge in [-0.25, -0.2) is 8.42 Å². The van der Waals surface area contributed by atoms with Gasteiger partial charge in [0.2, 0.25) is 0 Å². The van der Waals surface area contributed by atoms with Crippen molar-refractivity contribution < 1.29 is 17.9 Å². The first-order chi connectivity index (χ1) is 12.9. The molecule has 146 valence electrons. The summed E-state index contributed by atoms with van der Waals surface area (Å²) in [4.78, 5) is 2.23. The van der Waals surface area contributed by atoms with E-state index in [4.69, 9.17) is 9.47 Å². The van der Waals surface area contributed by atoms with Gasteiger partial charge in [-0.2, -0.15) is 0 Å². The van der Waals surface area contributed by atoms with E-state index in [-0.39, 0.29) is 10.7 Å². The van der Waals surface area contributed by atoms with Crippen LogP contribution < -0.4 is 19.1 Å². The fraction of sp³-hybridized carbons (Fsp3) is 0.444. The Morgan fingerprint density at radius 2 is 1.89 bits per heavy atom. The summed E-state index contributed by atoms with van der Waals surface area (Å²) in [5.74, 6) is 2.33. The van der Waals surface area contributed by atoms with Gasteiger partial charge < -0.3 is 14.4 Å². The van der Waals surface area contributed by atoms with Crippen LogP contribution in [0.25, 0.3) is 0 Å². The maximum atomic E-state index is 12.6. The molecular weight excluding hydrogens is 368 g/mol. The molecule has 1 N–H and O–H groups in total. The highest BCUT2D eigenvalue weighted by molar-refractivity contribution is 7.92. The lowest BCUT2D eigenvalue weighted by atomic mass is 10.0. The van der Waals surface area contributed by atoms with Gasteiger partial charge in [-0.15, -0.1) is 10.2 Å². The van der Waals surface area contributed by atoms with E-state index in [2.05, 4.69) is 26.7 Å². The van der Waals surface area contributed by atoms with Crippen LogP contribution in [0.1, 0.15) is 19.8 Å². The molecule has 2 aromatic rings. The summed E-state index contributed by atoms with van der Waals surface area (Å²) in [5.41, 5.74) is 0. The van der Waals surface area contributed by atoms with Crippen LogP contribution in [0.4, 0.5) is 11.6 Å². The number of rotatable bonds is 6. The zero-order chi connectivity index (χ0) is 19.4. The van der Waals surface area contributed by atoms with Crippen LogP contribution in [-0.2, 0) is 10.0 Å². The summed E-state index contributed by atoms with van der Waals surface area (Å²) in [7, 11) is -0.877. The Balaban J connectivity index is 1.76. The van der Waals surface area contributed by atoms with Crippen LogP contribution >= 0.6 is 0 Å². The van der Waals surface area contributed by atoms with E-state index in [9.17, 15) is 8.42 Å². The number of piperidine rings is 1. The number of anilines is 2. The summed E-state index contributed by atoms with van der Waals surface area (Å²) in [5, 5.41) is 8.21. The Bertz CT molecular complexity index is 887. The van der Waals surface area contributed by atoms with Crippen LogP contribution in [0.5, 0.6) is 11.5 Å². The molecule has 3 rings (SSSR count). The second-order valence-corrected chi connectivity index (χ2v) is 8.27. The number of ether oxygens (including phenoxy) is 2. The Hall–Kier alpha value is -2.55. The lowest BCUT2D eigenvalue weighted by molar-refractivity contribution is 0.354. The van der Waals surface area contributed by atoms with Gasteiger partial charge in [-0.1, -0.05) is 6.92 Å². The third-order valence-electron chi connectivity index (χ3n) is 4.54. The molecule has 27 heavy (non-hydrogen) atoms. The first-order valence-corrected chi connectivity index (χ1v) is 10.2. The van der Waals surface area contributed by atoms with E-state index < -0.39 is 10.0 Å². The minimum atomic E-state index is -3.82. The van der Waals surface area contributed by atoms with Crippen molar-refractivity contribution in [3.63, 3.8) is 0 Å². The van der Waals surface area contributed by atoms with Crippen molar-refractivity contribution in [1.29, 1.82) is 0 Å². The molecule has 9 heteroatoms.